The van der Waals surface area contributed by atoms with Crippen molar-refractivity contribution in [3.63, 3.8) is 0 Å². The van der Waals surface area contributed by atoms with Crippen LogP contribution in [0.4, 0.5) is 0 Å². The Morgan fingerprint density at radius 3 is 2.56 bits per heavy atom. The molecule has 2 rings (SSSR count). The van der Waals surface area contributed by atoms with Crippen LogP contribution in [0.25, 0.3) is 0 Å². The van der Waals surface area contributed by atoms with Gasteiger partial charge in [-0.1, -0.05) is 12.8 Å². The molecule has 4 nitrogen and oxygen atoms in total. The number of nitrogens with two attached hydrogens (primary N) is 1. The van der Waals surface area contributed by atoms with Crippen LogP contribution in [0.15, 0.2) is 16.6 Å². The number of phenolic OH excluding ortho intramolecular Hbond substituents is 1. The summed E-state index contributed by atoms with van der Waals surface area (Å²) >= 11 is 3.17. The number of carboxylic acid groups (broad SMARTS) is 1. The number of aromatic hydroxyl groups is 1. The van der Waals surface area contributed by atoms with Crippen LogP contribution < -0.4 is 5.73 Å². The molecule has 1 fully saturated rings. The number of rotatable bonds is 3. The molecule has 5 heteroatoms. The molecule has 1 aromatic carbocycles. The SMILES string of the molecule is N[C@H](c1cc(C(=O)O)cc(Br)c1O)C1CCCC1. The number of halogens is 1. The van der Waals surface area contributed by atoms with Crippen LogP contribution >= 0.6 is 15.9 Å². The molecule has 4 N–H and O–H groups in total. The number of phenols is 1. The summed E-state index contributed by atoms with van der Waals surface area (Å²) in [5.74, 6) is -0.637. The molecule has 0 aromatic heterocycles. The minimum Gasteiger partial charge on any atom is -0.506 e. The summed E-state index contributed by atoms with van der Waals surface area (Å²) in [5, 5.41) is 19.0. The summed E-state index contributed by atoms with van der Waals surface area (Å²) in [4.78, 5) is 11.0. The van der Waals surface area contributed by atoms with Gasteiger partial charge in [-0.25, -0.2) is 4.79 Å². The van der Waals surface area contributed by atoms with E-state index in [2.05, 4.69) is 15.9 Å². The van der Waals surface area contributed by atoms with Gasteiger partial charge in [-0.2, -0.15) is 0 Å². The highest BCUT2D eigenvalue weighted by atomic mass is 79.9. The molecule has 98 valence electrons. The molecule has 1 aliphatic rings. The third kappa shape index (κ3) is 2.52. The molecule has 1 atom stereocenters. The lowest BCUT2D eigenvalue weighted by molar-refractivity contribution is 0.0696. The van der Waals surface area contributed by atoms with Gasteiger partial charge in [-0.3, -0.25) is 0 Å². The van der Waals surface area contributed by atoms with Gasteiger partial charge in [0.05, 0.1) is 10.0 Å². The lowest BCUT2D eigenvalue weighted by Crippen LogP contribution is -2.20. The van der Waals surface area contributed by atoms with E-state index in [0.29, 0.717) is 16.0 Å². The molecule has 0 radical (unpaired) electrons. The monoisotopic (exact) mass is 313 g/mol. The van der Waals surface area contributed by atoms with Gasteiger partial charge in [-0.15, -0.1) is 0 Å². The number of carboxylic acids is 1. The van der Waals surface area contributed by atoms with E-state index in [0.717, 1.165) is 25.7 Å². The molecule has 0 spiro atoms. The zero-order valence-corrected chi connectivity index (χ0v) is 11.5. The quantitative estimate of drug-likeness (QED) is 0.801. The minimum atomic E-state index is -1.02. The largest absolute Gasteiger partial charge is 0.506 e. The number of hydrogen-bond donors (Lipinski definition) is 3. The maximum absolute atomic E-state index is 11.0. The van der Waals surface area contributed by atoms with Gasteiger partial charge in [0, 0.05) is 11.6 Å². The van der Waals surface area contributed by atoms with Crippen molar-refractivity contribution in [2.24, 2.45) is 11.7 Å². The molecule has 1 aliphatic carbocycles. The Morgan fingerprint density at radius 1 is 1.39 bits per heavy atom. The van der Waals surface area contributed by atoms with E-state index in [1.807, 2.05) is 0 Å². The first kappa shape index (κ1) is 13.4. The first-order chi connectivity index (χ1) is 8.50. The zero-order chi connectivity index (χ0) is 13.3. The first-order valence-corrected chi connectivity index (χ1v) is 6.81. The van der Waals surface area contributed by atoms with Gasteiger partial charge in [-0.05, 0) is 46.8 Å². The van der Waals surface area contributed by atoms with Gasteiger partial charge in [0.15, 0.2) is 0 Å². The third-order valence-electron chi connectivity index (χ3n) is 3.61. The van der Waals surface area contributed by atoms with Gasteiger partial charge >= 0.3 is 5.97 Å². The summed E-state index contributed by atoms with van der Waals surface area (Å²) in [6.07, 6.45) is 4.38. The van der Waals surface area contributed by atoms with Gasteiger partial charge in [0.1, 0.15) is 5.75 Å². The zero-order valence-electron chi connectivity index (χ0n) is 9.90. The maximum Gasteiger partial charge on any atom is 0.335 e. The summed E-state index contributed by atoms with van der Waals surface area (Å²) < 4.78 is 0.380. The fraction of sp³-hybridized carbons (Fsp3) is 0.462. The van der Waals surface area contributed by atoms with Crippen LogP contribution in [0, 0.1) is 5.92 Å². The average Bonchev–Trinajstić information content (AvgIpc) is 2.85. The smallest absolute Gasteiger partial charge is 0.335 e. The Morgan fingerprint density at radius 2 is 2.00 bits per heavy atom. The second kappa shape index (κ2) is 5.28. The highest BCUT2D eigenvalue weighted by Crippen LogP contribution is 2.40. The van der Waals surface area contributed by atoms with Gasteiger partial charge in [0.2, 0.25) is 0 Å². The van der Waals surface area contributed by atoms with Crippen molar-refractivity contribution in [3.8, 4) is 5.75 Å². The molecule has 0 unspecified atom stereocenters. The number of hydrogen-bond acceptors (Lipinski definition) is 3. The van der Waals surface area contributed by atoms with Crippen LogP contribution in [0.5, 0.6) is 5.75 Å². The molecule has 0 amide bonds. The number of benzene rings is 1. The second-order valence-corrected chi connectivity index (χ2v) is 5.63. The fourth-order valence-electron chi connectivity index (χ4n) is 2.57. The normalized spacial score (nSPS) is 17.9. The van der Waals surface area contributed by atoms with Crippen LogP contribution in [0.2, 0.25) is 0 Å². The van der Waals surface area contributed by atoms with E-state index in [4.69, 9.17) is 10.8 Å². The van der Waals surface area contributed by atoms with Crippen LogP contribution in [0.1, 0.15) is 47.6 Å². The maximum atomic E-state index is 11.0. The van der Waals surface area contributed by atoms with E-state index in [1.165, 1.54) is 12.1 Å². The molecule has 1 saturated carbocycles. The summed E-state index contributed by atoms with van der Waals surface area (Å²) in [6, 6.07) is 2.57. The minimum absolute atomic E-state index is 0.0550. The first-order valence-electron chi connectivity index (χ1n) is 6.02. The topological polar surface area (TPSA) is 83.6 Å². The molecular weight excluding hydrogens is 298 g/mol. The van der Waals surface area contributed by atoms with E-state index >= 15 is 0 Å². The molecule has 0 saturated heterocycles. The predicted octanol–water partition coefficient (Wildman–Crippen LogP) is 3.04. The molecular formula is C13H16BrNO3. The standard InChI is InChI=1S/C13H16BrNO3/c14-10-6-8(13(17)18)5-9(12(10)16)11(15)7-3-1-2-4-7/h5-7,11,16H,1-4,15H2,(H,17,18)/t11-/m0/s1. The van der Waals surface area contributed by atoms with Crippen molar-refractivity contribution in [3.05, 3.63) is 27.7 Å². The van der Waals surface area contributed by atoms with E-state index in [1.54, 1.807) is 0 Å². The summed E-state index contributed by atoms with van der Waals surface area (Å²) in [6.45, 7) is 0. The number of aromatic carboxylic acids is 1. The Bertz CT molecular complexity index is 470. The highest BCUT2D eigenvalue weighted by molar-refractivity contribution is 9.10. The van der Waals surface area contributed by atoms with Crippen molar-refractivity contribution in [1.82, 2.24) is 0 Å². The van der Waals surface area contributed by atoms with Crippen molar-refractivity contribution in [2.75, 3.05) is 0 Å². The van der Waals surface area contributed by atoms with Crippen LogP contribution in [0.3, 0.4) is 0 Å². The van der Waals surface area contributed by atoms with Gasteiger partial charge in [0.25, 0.3) is 0 Å². The van der Waals surface area contributed by atoms with Crippen LogP contribution in [-0.2, 0) is 0 Å². The molecule has 0 aliphatic heterocycles. The Labute approximate surface area is 114 Å². The predicted molar refractivity (Wildman–Crippen MR) is 71.7 cm³/mol. The summed E-state index contributed by atoms with van der Waals surface area (Å²) in [5.41, 5.74) is 6.83. The molecule has 1 aromatic rings. The Kier molecular flexibility index (Phi) is 3.92. The summed E-state index contributed by atoms with van der Waals surface area (Å²) in [7, 11) is 0. The number of carbonyl (C=O) groups is 1. The second-order valence-electron chi connectivity index (χ2n) is 4.77. The van der Waals surface area contributed by atoms with Crippen molar-refractivity contribution < 1.29 is 15.0 Å². The van der Waals surface area contributed by atoms with Gasteiger partial charge < -0.3 is 15.9 Å². The Hall–Kier alpha value is -1.07. The van der Waals surface area contributed by atoms with E-state index < -0.39 is 5.97 Å². The third-order valence-corrected chi connectivity index (χ3v) is 4.21. The van der Waals surface area contributed by atoms with E-state index in [9.17, 15) is 9.90 Å². The van der Waals surface area contributed by atoms with Crippen molar-refractivity contribution in [1.29, 1.82) is 0 Å². The van der Waals surface area contributed by atoms with Crippen LogP contribution in [-0.4, -0.2) is 16.2 Å². The van der Waals surface area contributed by atoms with Crippen molar-refractivity contribution in [2.45, 2.75) is 31.7 Å². The highest BCUT2D eigenvalue weighted by Gasteiger charge is 2.26. The van der Waals surface area contributed by atoms with Crippen molar-refractivity contribution >= 4 is 21.9 Å². The fourth-order valence-corrected chi connectivity index (χ4v) is 3.04. The molecule has 0 heterocycles. The molecule has 18 heavy (non-hydrogen) atoms. The van der Waals surface area contributed by atoms with E-state index in [-0.39, 0.29) is 17.4 Å². The average molecular weight is 314 g/mol. The Balaban J connectivity index is 2.38. The lowest BCUT2D eigenvalue weighted by Gasteiger charge is -2.21. The lowest BCUT2D eigenvalue weighted by atomic mass is 9.91. The molecule has 0 bridgehead atoms.